The first-order valence-corrected chi connectivity index (χ1v) is 8.40. The lowest BCUT2D eigenvalue weighted by Crippen LogP contribution is -2.37. The molecule has 1 saturated carbocycles. The van der Waals surface area contributed by atoms with Gasteiger partial charge < -0.3 is 15.2 Å². The monoisotopic (exact) mass is 331 g/mol. The van der Waals surface area contributed by atoms with E-state index in [4.69, 9.17) is 27.9 Å². The third-order valence-corrected chi connectivity index (χ3v) is 4.35. The number of hydrogen-bond donors (Lipinski definition) is 2. The van der Waals surface area contributed by atoms with Crippen molar-refractivity contribution in [1.29, 1.82) is 0 Å². The molecule has 0 heterocycles. The molecule has 0 saturated heterocycles. The lowest BCUT2D eigenvalue weighted by atomic mass is 10.1. The molecular weight excluding hydrogens is 309 g/mol. The quantitative estimate of drug-likeness (QED) is 0.773. The van der Waals surface area contributed by atoms with Gasteiger partial charge in [0, 0.05) is 17.6 Å². The Balaban J connectivity index is 1.70. The van der Waals surface area contributed by atoms with E-state index in [9.17, 15) is 5.11 Å². The molecule has 1 unspecified atom stereocenters. The smallest absolute Gasteiger partial charge is 0.138 e. The van der Waals surface area contributed by atoms with Crippen molar-refractivity contribution in [2.45, 2.75) is 50.7 Å². The second-order valence-corrected chi connectivity index (χ2v) is 6.48. The third kappa shape index (κ3) is 6.03. The predicted molar refractivity (Wildman–Crippen MR) is 87.5 cm³/mol. The van der Waals surface area contributed by atoms with E-state index in [-0.39, 0.29) is 6.61 Å². The van der Waals surface area contributed by atoms with Crippen LogP contribution in [0.3, 0.4) is 0 Å². The highest BCUT2D eigenvalue weighted by Gasteiger charge is 2.14. The van der Waals surface area contributed by atoms with Crippen molar-refractivity contribution in [3.8, 4) is 5.75 Å². The van der Waals surface area contributed by atoms with E-state index in [2.05, 4.69) is 5.32 Å². The maximum Gasteiger partial charge on any atom is 0.138 e. The molecule has 0 aliphatic heterocycles. The Hall–Kier alpha value is -0.480. The van der Waals surface area contributed by atoms with E-state index in [0.717, 1.165) is 0 Å². The molecule has 1 aliphatic carbocycles. The lowest BCUT2D eigenvalue weighted by Gasteiger charge is -2.19. The van der Waals surface area contributed by atoms with Gasteiger partial charge in [-0.1, -0.05) is 48.9 Å². The van der Waals surface area contributed by atoms with Gasteiger partial charge in [0.1, 0.15) is 18.5 Å². The summed E-state index contributed by atoms with van der Waals surface area (Å²) < 4.78 is 5.54. The van der Waals surface area contributed by atoms with Gasteiger partial charge in [-0.25, -0.2) is 0 Å². The lowest BCUT2D eigenvalue weighted by molar-refractivity contribution is 0.103. The van der Waals surface area contributed by atoms with Crippen LogP contribution in [0, 0.1) is 0 Å². The van der Waals surface area contributed by atoms with E-state index >= 15 is 0 Å². The third-order valence-electron chi connectivity index (χ3n) is 3.82. The molecule has 21 heavy (non-hydrogen) atoms. The van der Waals surface area contributed by atoms with Gasteiger partial charge in [0.25, 0.3) is 0 Å². The van der Waals surface area contributed by atoms with Crippen LogP contribution in [0.5, 0.6) is 5.75 Å². The van der Waals surface area contributed by atoms with Crippen LogP contribution in [-0.4, -0.2) is 30.4 Å². The Labute approximate surface area is 136 Å². The minimum atomic E-state index is -0.542. The van der Waals surface area contributed by atoms with E-state index in [1.165, 1.54) is 38.5 Å². The fourth-order valence-electron chi connectivity index (χ4n) is 2.62. The van der Waals surface area contributed by atoms with Crippen molar-refractivity contribution in [3.63, 3.8) is 0 Å². The number of benzene rings is 1. The summed E-state index contributed by atoms with van der Waals surface area (Å²) in [5.74, 6) is 0.551. The second kappa shape index (κ2) is 8.84. The largest absolute Gasteiger partial charge is 0.489 e. The number of aliphatic hydroxyl groups excluding tert-OH is 1. The van der Waals surface area contributed by atoms with Crippen molar-refractivity contribution in [2.24, 2.45) is 0 Å². The van der Waals surface area contributed by atoms with Crippen LogP contribution in [0.1, 0.15) is 38.5 Å². The predicted octanol–water partition coefficient (Wildman–Crippen LogP) is 4.05. The number of hydrogen-bond acceptors (Lipinski definition) is 3. The minimum Gasteiger partial charge on any atom is -0.489 e. The molecule has 3 nitrogen and oxygen atoms in total. The van der Waals surface area contributed by atoms with Crippen LogP contribution in [0.2, 0.25) is 10.0 Å². The molecule has 1 fully saturated rings. The summed E-state index contributed by atoms with van der Waals surface area (Å²) in [6, 6.07) is 5.60. The Morgan fingerprint density at radius 1 is 1.19 bits per heavy atom. The van der Waals surface area contributed by atoms with E-state index < -0.39 is 6.10 Å². The molecule has 0 aromatic heterocycles. The van der Waals surface area contributed by atoms with Crippen LogP contribution in [0.4, 0.5) is 0 Å². The standard InChI is InChI=1S/C16H23Cl2NO2/c17-12-7-8-16(15(18)9-12)21-11-14(20)10-19-13-5-3-1-2-4-6-13/h7-9,13-14,19-20H,1-6,10-11H2. The molecule has 0 spiro atoms. The minimum absolute atomic E-state index is 0.223. The Kier molecular flexibility index (Phi) is 7.11. The summed E-state index contributed by atoms with van der Waals surface area (Å²) in [4.78, 5) is 0. The fraction of sp³-hybridized carbons (Fsp3) is 0.625. The molecular formula is C16H23Cl2NO2. The first-order chi connectivity index (χ1) is 10.1. The molecule has 1 aromatic rings. The summed E-state index contributed by atoms with van der Waals surface area (Å²) in [5, 5.41) is 14.5. The van der Waals surface area contributed by atoms with Crippen molar-refractivity contribution in [3.05, 3.63) is 28.2 Å². The second-order valence-electron chi connectivity index (χ2n) is 5.64. The van der Waals surface area contributed by atoms with Crippen molar-refractivity contribution < 1.29 is 9.84 Å². The Bertz CT molecular complexity index is 434. The zero-order valence-corrected chi connectivity index (χ0v) is 13.7. The summed E-state index contributed by atoms with van der Waals surface area (Å²) in [7, 11) is 0. The van der Waals surface area contributed by atoms with Gasteiger partial charge in [0.05, 0.1) is 5.02 Å². The number of ether oxygens (including phenoxy) is 1. The van der Waals surface area contributed by atoms with Crippen LogP contribution in [-0.2, 0) is 0 Å². The van der Waals surface area contributed by atoms with Crippen LogP contribution in [0.25, 0.3) is 0 Å². The van der Waals surface area contributed by atoms with Crippen molar-refractivity contribution in [1.82, 2.24) is 5.32 Å². The van der Waals surface area contributed by atoms with Gasteiger partial charge in [-0.15, -0.1) is 0 Å². The molecule has 1 aliphatic rings. The maximum atomic E-state index is 10.0. The summed E-state index contributed by atoms with van der Waals surface area (Å²) in [6.45, 7) is 0.775. The van der Waals surface area contributed by atoms with Gasteiger partial charge in [-0.3, -0.25) is 0 Å². The summed E-state index contributed by atoms with van der Waals surface area (Å²) >= 11 is 11.9. The zero-order chi connectivity index (χ0) is 15.1. The van der Waals surface area contributed by atoms with Crippen molar-refractivity contribution in [2.75, 3.05) is 13.2 Å². The van der Waals surface area contributed by atoms with Gasteiger partial charge in [-0.2, -0.15) is 0 Å². The molecule has 0 bridgehead atoms. The van der Waals surface area contributed by atoms with Crippen LogP contribution >= 0.6 is 23.2 Å². The molecule has 0 radical (unpaired) electrons. The molecule has 2 N–H and O–H groups in total. The topological polar surface area (TPSA) is 41.5 Å². The number of aliphatic hydroxyl groups is 1. The van der Waals surface area contributed by atoms with Crippen molar-refractivity contribution >= 4 is 23.2 Å². The fourth-order valence-corrected chi connectivity index (χ4v) is 3.09. The maximum absolute atomic E-state index is 10.0. The first kappa shape index (κ1) is 16.9. The Morgan fingerprint density at radius 3 is 2.57 bits per heavy atom. The average Bonchev–Trinajstić information content (AvgIpc) is 2.73. The number of rotatable bonds is 6. The average molecular weight is 332 g/mol. The van der Waals surface area contributed by atoms with Gasteiger partial charge in [0.15, 0.2) is 0 Å². The van der Waals surface area contributed by atoms with Gasteiger partial charge in [-0.05, 0) is 31.0 Å². The number of halogens is 2. The van der Waals surface area contributed by atoms with E-state index in [0.29, 0.717) is 28.4 Å². The molecule has 5 heteroatoms. The highest BCUT2D eigenvalue weighted by atomic mass is 35.5. The highest BCUT2D eigenvalue weighted by molar-refractivity contribution is 6.35. The zero-order valence-electron chi connectivity index (χ0n) is 12.2. The number of nitrogens with one attached hydrogen (secondary N) is 1. The Morgan fingerprint density at radius 2 is 1.90 bits per heavy atom. The van der Waals surface area contributed by atoms with Crippen LogP contribution < -0.4 is 10.1 Å². The molecule has 2 rings (SSSR count). The summed E-state index contributed by atoms with van der Waals surface area (Å²) in [5.41, 5.74) is 0. The highest BCUT2D eigenvalue weighted by Crippen LogP contribution is 2.27. The summed E-state index contributed by atoms with van der Waals surface area (Å²) in [6.07, 6.45) is 7.10. The van der Waals surface area contributed by atoms with E-state index in [1.807, 2.05) is 0 Å². The van der Waals surface area contributed by atoms with Gasteiger partial charge in [0.2, 0.25) is 0 Å². The normalized spacial score (nSPS) is 18.2. The van der Waals surface area contributed by atoms with Gasteiger partial charge >= 0.3 is 0 Å². The molecule has 0 amide bonds. The first-order valence-electron chi connectivity index (χ1n) is 7.64. The van der Waals surface area contributed by atoms with E-state index in [1.54, 1.807) is 18.2 Å². The van der Waals surface area contributed by atoms with Crippen LogP contribution in [0.15, 0.2) is 18.2 Å². The SMILES string of the molecule is OC(CNC1CCCCCC1)COc1ccc(Cl)cc1Cl. The molecule has 1 aromatic carbocycles. The molecule has 1 atom stereocenters. The molecule has 118 valence electrons.